The van der Waals surface area contributed by atoms with E-state index in [1.54, 1.807) is 26.0 Å². The van der Waals surface area contributed by atoms with Crippen molar-refractivity contribution in [3.8, 4) is 0 Å². The summed E-state index contributed by atoms with van der Waals surface area (Å²) in [5.41, 5.74) is 4.14. The second kappa shape index (κ2) is 47.8. The number of carboxylic acid groups (broad SMARTS) is 1. The van der Waals surface area contributed by atoms with Gasteiger partial charge in [0.15, 0.2) is 17.3 Å². The number of nitrogens with two attached hydrogens (primary N) is 1. The lowest BCUT2D eigenvalue weighted by Crippen LogP contribution is -2.48. The number of carbonyl (C=O) groups is 6. The Morgan fingerprint density at radius 1 is 0.660 bits per heavy atom. The van der Waals surface area contributed by atoms with Crippen molar-refractivity contribution < 1.29 is 66.6 Å². The fraction of sp³-hybridized carbons (Fsp3) is 0.739. The summed E-state index contributed by atoms with van der Waals surface area (Å²) in [6.07, 6.45) is 36.3. The monoisotopic (exact) mass is 1340 g/mol. The van der Waals surface area contributed by atoms with E-state index < -0.39 is 85.5 Å². The van der Waals surface area contributed by atoms with E-state index in [4.69, 9.17) is 29.0 Å². The minimum atomic E-state index is -4.75. The number of unbranched alkanes of at least 4 members (excludes halogenated alkanes) is 28. The Bertz CT molecular complexity index is 2770. The number of nitrogens with one attached hydrogen (secondary N) is 5. The molecule has 94 heavy (non-hydrogen) atoms. The van der Waals surface area contributed by atoms with Crippen LogP contribution >= 0.6 is 7.82 Å². The molecule has 0 spiro atoms. The molecule has 3 atom stereocenters. The molecule has 0 bridgehead atoms. The predicted octanol–water partition coefficient (Wildman–Crippen LogP) is 13.2. The number of hydrogen-bond acceptors (Lipinski definition) is 18. The van der Waals surface area contributed by atoms with Gasteiger partial charge in [0.2, 0.25) is 11.9 Å². The van der Waals surface area contributed by atoms with Crippen molar-refractivity contribution in [2.24, 2.45) is 0 Å². The first-order valence-electron chi connectivity index (χ1n) is 35.1. The molecule has 0 fully saturated rings. The molecule has 2 aromatic heterocycles. The number of hydrogen-bond donors (Lipinski definition) is 8. The summed E-state index contributed by atoms with van der Waals surface area (Å²) < 4.78 is 40.4. The molecule has 0 radical (unpaired) electrons. The van der Waals surface area contributed by atoms with Crippen LogP contribution in [0, 0.1) is 0 Å². The molecule has 0 aliphatic heterocycles. The van der Waals surface area contributed by atoms with Crippen LogP contribution in [0.15, 0.2) is 35.3 Å². The molecule has 25 heteroatoms. The van der Waals surface area contributed by atoms with Gasteiger partial charge in [-0.05, 0) is 77.6 Å². The largest absolute Gasteiger partial charge is 0.480 e. The number of esters is 2. The molecule has 3 aromatic rings. The predicted molar refractivity (Wildman–Crippen MR) is 366 cm³/mol. The molecule has 2 heterocycles. The van der Waals surface area contributed by atoms with Crippen LogP contribution in [0.4, 0.5) is 11.6 Å². The first-order valence-corrected chi connectivity index (χ1v) is 36.6. The number of aromatic nitrogens is 4. The molecule has 0 aliphatic carbocycles. The fourth-order valence-corrected chi connectivity index (χ4v) is 11.3. The number of carbonyl (C=O) groups excluding carboxylic acids is 5. The number of ether oxygens (including phenoxy) is 3. The van der Waals surface area contributed by atoms with E-state index in [1.165, 1.54) is 173 Å². The summed E-state index contributed by atoms with van der Waals surface area (Å²) >= 11 is 0. The molecule has 9 N–H and O–H groups in total. The number of benzene rings is 1. The van der Waals surface area contributed by atoms with E-state index in [0.717, 1.165) is 38.5 Å². The molecular formula is C69H116N9O15P. The van der Waals surface area contributed by atoms with Crippen molar-refractivity contribution in [1.29, 1.82) is 0 Å². The van der Waals surface area contributed by atoms with Crippen LogP contribution in [-0.2, 0) is 58.3 Å². The number of amides is 3. The molecule has 1 aromatic carbocycles. The van der Waals surface area contributed by atoms with Gasteiger partial charge in [0.1, 0.15) is 18.2 Å². The van der Waals surface area contributed by atoms with Crippen molar-refractivity contribution >= 4 is 66.3 Å². The highest BCUT2D eigenvalue weighted by Gasteiger charge is 2.32. The first kappa shape index (κ1) is 82.2. The second-order valence-corrected chi connectivity index (χ2v) is 27.4. The van der Waals surface area contributed by atoms with Crippen LogP contribution in [0.25, 0.3) is 11.2 Å². The number of H-pyrrole nitrogens is 1. The Kier molecular flexibility index (Phi) is 41.7. The van der Waals surface area contributed by atoms with E-state index in [2.05, 4.69) is 55.1 Å². The fourth-order valence-electron chi connectivity index (χ4n) is 10.5. The zero-order valence-corrected chi connectivity index (χ0v) is 58.5. The van der Waals surface area contributed by atoms with Gasteiger partial charge in [-0.1, -0.05) is 194 Å². The highest BCUT2D eigenvalue weighted by molar-refractivity contribution is 7.47. The minimum Gasteiger partial charge on any atom is -0.480 e. The quantitative estimate of drug-likeness (QED) is 0.0148. The van der Waals surface area contributed by atoms with E-state index in [9.17, 15) is 48.1 Å². The zero-order valence-electron chi connectivity index (χ0n) is 57.6. The van der Waals surface area contributed by atoms with Gasteiger partial charge in [0.05, 0.1) is 38.3 Å². The minimum absolute atomic E-state index is 0.0122. The molecule has 24 nitrogen and oxygen atoms in total. The van der Waals surface area contributed by atoms with Crippen LogP contribution < -0.4 is 32.6 Å². The van der Waals surface area contributed by atoms with Crippen molar-refractivity contribution in [3.05, 3.63) is 52.1 Å². The van der Waals surface area contributed by atoms with E-state index >= 15 is 0 Å². The van der Waals surface area contributed by atoms with E-state index in [-0.39, 0.29) is 81.1 Å². The lowest BCUT2D eigenvalue weighted by molar-refractivity contribution is -0.161. The normalized spacial score (nSPS) is 13.0. The summed E-state index contributed by atoms with van der Waals surface area (Å²) in [5.74, 6) is -4.10. The SMILES string of the molecule is CCCCCCCCCCCCCCCCCC(=O)OCC(COP(=O)(O)OCCNC(=O)C(C)(C)OCCC(C)(C)NC(=O)CCC(NC(=O)c1ccc(NCc2cnc3nc(N)[nH]c(=O)c3n2)cc1)C(=O)O)OC(=O)CCCCCCCCCCCCCCCCC. The second-order valence-electron chi connectivity index (χ2n) is 25.9. The highest BCUT2D eigenvalue weighted by Crippen LogP contribution is 2.43. The first-order chi connectivity index (χ1) is 45.0. The Morgan fingerprint density at radius 3 is 1.69 bits per heavy atom. The Hall–Kier alpha value is -6.07. The van der Waals surface area contributed by atoms with Crippen molar-refractivity contribution in [1.82, 2.24) is 35.9 Å². The molecule has 3 rings (SSSR count). The van der Waals surface area contributed by atoms with Crippen LogP contribution in [0.2, 0.25) is 0 Å². The topological polar surface area (TPSA) is 352 Å². The molecule has 3 unspecified atom stereocenters. The van der Waals surface area contributed by atoms with Gasteiger partial charge in [-0.15, -0.1) is 0 Å². The summed E-state index contributed by atoms with van der Waals surface area (Å²) in [7, 11) is -4.75. The van der Waals surface area contributed by atoms with E-state index in [1.807, 2.05) is 0 Å². The summed E-state index contributed by atoms with van der Waals surface area (Å²) in [6.45, 7) is 9.62. The van der Waals surface area contributed by atoms with Gasteiger partial charge in [-0.2, -0.15) is 4.98 Å². The zero-order chi connectivity index (χ0) is 68.9. The number of phosphoric acid groups is 1. The van der Waals surface area contributed by atoms with Crippen LogP contribution in [0.3, 0.4) is 0 Å². The molecule has 0 saturated heterocycles. The standard InChI is InChI=1S/C69H116N9O15P/c1-7-9-11-13-15-17-19-21-23-25-27-29-31-33-35-37-59(80)89-51-56(93-60(81)38-36-34-32-30-28-26-24-22-20-18-16-14-12-10-8-2)52-92-94(87,88)91-48-46-71-66(86)69(5,6)90-47-45-68(3,4)78-58(79)44-43-57(65(84)85)75-63(82)53-39-41-54(42-40-53)72-49-55-50-73-62-61(74-55)64(83)77-67(70)76-62/h39-42,50,56-57,72H,7-38,43-49,51-52H2,1-6H3,(H,71,86)(H,75,82)(H,78,79)(H,84,85)(H,87,88)(H3,70,73,76,77,83). The van der Waals surface area contributed by atoms with Crippen molar-refractivity contribution in [2.75, 3.05) is 44.0 Å². The van der Waals surface area contributed by atoms with E-state index in [0.29, 0.717) is 24.2 Å². The van der Waals surface area contributed by atoms with Gasteiger partial charge in [0.25, 0.3) is 17.4 Å². The summed E-state index contributed by atoms with van der Waals surface area (Å²) in [5, 5.41) is 20.9. The van der Waals surface area contributed by atoms with Crippen LogP contribution in [0.5, 0.6) is 0 Å². The van der Waals surface area contributed by atoms with Crippen molar-refractivity contribution in [3.63, 3.8) is 0 Å². The number of nitrogen functional groups attached to an aromatic ring is 1. The molecule has 532 valence electrons. The number of fused-ring (bicyclic) bond motifs is 1. The highest BCUT2D eigenvalue weighted by atomic mass is 31.2. The van der Waals surface area contributed by atoms with Gasteiger partial charge >= 0.3 is 25.7 Å². The number of carboxylic acids is 1. The third-order valence-electron chi connectivity index (χ3n) is 16.3. The number of aliphatic carboxylic acids is 1. The number of anilines is 2. The van der Waals surface area contributed by atoms with Crippen LogP contribution in [-0.4, -0.2) is 122 Å². The Balaban J connectivity index is 1.37. The molecule has 0 aliphatic rings. The number of nitrogens with zero attached hydrogens (tertiary/aromatic N) is 3. The third-order valence-corrected chi connectivity index (χ3v) is 17.3. The maximum Gasteiger partial charge on any atom is 0.472 e. The Morgan fingerprint density at radius 2 is 1.17 bits per heavy atom. The maximum atomic E-state index is 13.2. The van der Waals surface area contributed by atoms with Gasteiger partial charge in [-0.25, -0.2) is 19.3 Å². The number of phosphoric ester groups is 1. The van der Waals surface area contributed by atoms with Gasteiger partial charge < -0.3 is 51.2 Å². The number of rotatable bonds is 57. The molecule has 0 saturated carbocycles. The summed E-state index contributed by atoms with van der Waals surface area (Å²) in [4.78, 5) is 115. The lowest BCUT2D eigenvalue weighted by Gasteiger charge is -2.30. The maximum absolute atomic E-state index is 13.2. The smallest absolute Gasteiger partial charge is 0.472 e. The summed E-state index contributed by atoms with van der Waals surface area (Å²) in [6, 6.07) is 4.82. The average molecular weight is 1340 g/mol. The van der Waals surface area contributed by atoms with Crippen LogP contribution in [0.1, 0.15) is 282 Å². The average Bonchev–Trinajstić information content (AvgIpc) is 0.832. The molecule has 3 amide bonds. The lowest BCUT2D eigenvalue weighted by atomic mass is 10.00. The third kappa shape index (κ3) is 38.5. The Labute approximate surface area is 558 Å². The van der Waals surface area contributed by atoms with Gasteiger partial charge in [-0.3, -0.25) is 42.8 Å². The van der Waals surface area contributed by atoms with Crippen molar-refractivity contribution in [2.45, 2.75) is 296 Å². The molecular weight excluding hydrogens is 1230 g/mol. The van der Waals surface area contributed by atoms with Gasteiger partial charge in [0, 0.05) is 42.6 Å². The number of aromatic amines is 1.